The van der Waals surface area contributed by atoms with Gasteiger partial charge in [-0.25, -0.2) is 0 Å². The van der Waals surface area contributed by atoms with Gasteiger partial charge in [-0.1, -0.05) is 19.1 Å². The van der Waals surface area contributed by atoms with Gasteiger partial charge in [-0.15, -0.1) is 0 Å². The first kappa shape index (κ1) is 15.5. The van der Waals surface area contributed by atoms with E-state index < -0.39 is 5.54 Å². The van der Waals surface area contributed by atoms with Crippen molar-refractivity contribution in [3.8, 4) is 5.75 Å². The molecule has 106 valence electrons. The van der Waals surface area contributed by atoms with E-state index in [1.54, 1.807) is 21.0 Å². The SMILES string of the molecule is COc1ccc(CC(C)C(=O)NC(C)(C)CO)cc1. The number of carbonyl (C=O) groups is 1. The van der Waals surface area contributed by atoms with Crippen molar-refractivity contribution in [1.82, 2.24) is 5.32 Å². The summed E-state index contributed by atoms with van der Waals surface area (Å²) < 4.78 is 5.09. The van der Waals surface area contributed by atoms with Crippen LogP contribution in [0.2, 0.25) is 0 Å². The Morgan fingerprint density at radius 1 is 1.37 bits per heavy atom. The van der Waals surface area contributed by atoms with Gasteiger partial charge in [0.1, 0.15) is 5.75 Å². The number of amides is 1. The van der Waals surface area contributed by atoms with Gasteiger partial charge < -0.3 is 15.2 Å². The molecule has 4 heteroatoms. The van der Waals surface area contributed by atoms with Crippen molar-refractivity contribution < 1.29 is 14.6 Å². The fraction of sp³-hybridized carbons (Fsp3) is 0.533. The Labute approximate surface area is 114 Å². The Morgan fingerprint density at radius 3 is 2.42 bits per heavy atom. The van der Waals surface area contributed by atoms with Crippen molar-refractivity contribution in [1.29, 1.82) is 0 Å². The van der Waals surface area contributed by atoms with Gasteiger partial charge in [-0.3, -0.25) is 4.79 Å². The zero-order valence-corrected chi connectivity index (χ0v) is 12.1. The van der Waals surface area contributed by atoms with Crippen LogP contribution in [0.5, 0.6) is 5.75 Å². The quantitative estimate of drug-likeness (QED) is 0.824. The van der Waals surface area contributed by atoms with Crippen LogP contribution in [0.3, 0.4) is 0 Å². The summed E-state index contributed by atoms with van der Waals surface area (Å²) in [5.74, 6) is 0.622. The molecule has 1 atom stereocenters. The highest BCUT2D eigenvalue weighted by atomic mass is 16.5. The van der Waals surface area contributed by atoms with E-state index in [4.69, 9.17) is 9.84 Å². The average Bonchev–Trinajstić information content (AvgIpc) is 2.39. The molecule has 0 aliphatic rings. The Morgan fingerprint density at radius 2 is 1.95 bits per heavy atom. The maximum absolute atomic E-state index is 12.0. The summed E-state index contributed by atoms with van der Waals surface area (Å²) in [6.07, 6.45) is 0.664. The van der Waals surface area contributed by atoms with E-state index in [1.165, 1.54) is 0 Å². The van der Waals surface area contributed by atoms with Crippen LogP contribution < -0.4 is 10.1 Å². The second-order valence-corrected chi connectivity index (χ2v) is 5.48. The third-order valence-corrected chi connectivity index (χ3v) is 3.01. The number of benzene rings is 1. The summed E-state index contributed by atoms with van der Waals surface area (Å²) >= 11 is 0. The molecule has 1 rings (SSSR count). The highest BCUT2D eigenvalue weighted by Crippen LogP contribution is 2.15. The molecular weight excluding hydrogens is 242 g/mol. The number of aliphatic hydroxyl groups excluding tert-OH is 1. The van der Waals surface area contributed by atoms with Crippen LogP contribution in [0, 0.1) is 5.92 Å². The first-order valence-electron chi connectivity index (χ1n) is 6.44. The van der Waals surface area contributed by atoms with Crippen molar-refractivity contribution in [3.05, 3.63) is 29.8 Å². The molecule has 0 aliphatic carbocycles. The maximum atomic E-state index is 12.0. The number of ether oxygens (including phenoxy) is 1. The Bertz CT molecular complexity index is 412. The first-order valence-corrected chi connectivity index (χ1v) is 6.44. The standard InChI is InChI=1S/C15H23NO3/c1-11(14(18)16-15(2,3)10-17)9-12-5-7-13(19-4)8-6-12/h5-8,11,17H,9-10H2,1-4H3,(H,16,18). The van der Waals surface area contributed by atoms with E-state index >= 15 is 0 Å². The molecule has 0 heterocycles. The predicted molar refractivity (Wildman–Crippen MR) is 75.2 cm³/mol. The molecule has 0 aliphatic heterocycles. The molecule has 0 bridgehead atoms. The molecular formula is C15H23NO3. The van der Waals surface area contributed by atoms with Gasteiger partial charge in [0.15, 0.2) is 0 Å². The smallest absolute Gasteiger partial charge is 0.223 e. The molecule has 1 aromatic rings. The Kier molecular flexibility index (Phi) is 5.36. The summed E-state index contributed by atoms with van der Waals surface area (Å²) in [4.78, 5) is 12.0. The number of aliphatic hydroxyl groups is 1. The molecule has 0 aromatic heterocycles. The van der Waals surface area contributed by atoms with E-state index in [0.717, 1.165) is 11.3 Å². The third-order valence-electron chi connectivity index (χ3n) is 3.01. The molecule has 0 saturated carbocycles. The number of hydrogen-bond donors (Lipinski definition) is 2. The summed E-state index contributed by atoms with van der Waals surface area (Å²) in [6, 6.07) is 7.69. The summed E-state index contributed by atoms with van der Waals surface area (Å²) in [5, 5.41) is 12.0. The van der Waals surface area contributed by atoms with Gasteiger partial charge in [0.05, 0.1) is 19.3 Å². The third kappa shape index (κ3) is 4.91. The molecule has 19 heavy (non-hydrogen) atoms. The van der Waals surface area contributed by atoms with Gasteiger partial charge in [0, 0.05) is 5.92 Å². The topological polar surface area (TPSA) is 58.6 Å². The monoisotopic (exact) mass is 265 g/mol. The lowest BCUT2D eigenvalue weighted by Crippen LogP contribution is -2.48. The second-order valence-electron chi connectivity index (χ2n) is 5.48. The number of rotatable bonds is 6. The predicted octanol–water partition coefficient (Wildman–Crippen LogP) is 1.76. The normalized spacial score (nSPS) is 12.9. The van der Waals surface area contributed by atoms with Crippen molar-refractivity contribution in [2.24, 2.45) is 5.92 Å². The van der Waals surface area contributed by atoms with Crippen LogP contribution in [0.4, 0.5) is 0 Å². The molecule has 1 aromatic carbocycles. The fourth-order valence-corrected chi connectivity index (χ4v) is 1.70. The Balaban J connectivity index is 2.58. The molecule has 0 radical (unpaired) electrons. The van der Waals surface area contributed by atoms with E-state index in [2.05, 4.69) is 5.32 Å². The summed E-state index contributed by atoms with van der Waals surface area (Å²) in [6.45, 7) is 5.40. The lowest BCUT2D eigenvalue weighted by Gasteiger charge is -2.25. The highest BCUT2D eigenvalue weighted by Gasteiger charge is 2.22. The lowest BCUT2D eigenvalue weighted by molar-refractivity contribution is -0.126. The van der Waals surface area contributed by atoms with Crippen LogP contribution in [0.25, 0.3) is 0 Å². The van der Waals surface area contributed by atoms with Crippen LogP contribution in [0.15, 0.2) is 24.3 Å². The van der Waals surface area contributed by atoms with E-state index in [1.807, 2.05) is 31.2 Å². The first-order chi connectivity index (χ1) is 8.88. The van der Waals surface area contributed by atoms with Crippen LogP contribution in [-0.2, 0) is 11.2 Å². The Hall–Kier alpha value is -1.55. The summed E-state index contributed by atoms with van der Waals surface area (Å²) in [7, 11) is 1.63. The van der Waals surface area contributed by atoms with Crippen molar-refractivity contribution in [3.63, 3.8) is 0 Å². The second kappa shape index (κ2) is 6.57. The van der Waals surface area contributed by atoms with Crippen molar-refractivity contribution in [2.75, 3.05) is 13.7 Å². The molecule has 0 fully saturated rings. The average molecular weight is 265 g/mol. The molecule has 4 nitrogen and oxygen atoms in total. The summed E-state index contributed by atoms with van der Waals surface area (Å²) in [5.41, 5.74) is 0.510. The van der Waals surface area contributed by atoms with Crippen molar-refractivity contribution in [2.45, 2.75) is 32.7 Å². The van der Waals surface area contributed by atoms with Gasteiger partial charge >= 0.3 is 0 Å². The van der Waals surface area contributed by atoms with Gasteiger partial charge in [0.25, 0.3) is 0 Å². The molecule has 1 unspecified atom stereocenters. The highest BCUT2D eigenvalue weighted by molar-refractivity contribution is 5.79. The van der Waals surface area contributed by atoms with Gasteiger partial charge in [0.2, 0.25) is 5.91 Å². The minimum atomic E-state index is -0.578. The van der Waals surface area contributed by atoms with Crippen LogP contribution in [0.1, 0.15) is 26.3 Å². The number of nitrogens with one attached hydrogen (secondary N) is 1. The van der Waals surface area contributed by atoms with E-state index in [9.17, 15) is 4.79 Å². The zero-order valence-electron chi connectivity index (χ0n) is 12.1. The van der Waals surface area contributed by atoms with Gasteiger partial charge in [-0.05, 0) is 38.0 Å². The maximum Gasteiger partial charge on any atom is 0.223 e. The van der Waals surface area contributed by atoms with Crippen molar-refractivity contribution >= 4 is 5.91 Å². The van der Waals surface area contributed by atoms with Crippen LogP contribution in [-0.4, -0.2) is 30.3 Å². The van der Waals surface area contributed by atoms with E-state index in [0.29, 0.717) is 6.42 Å². The molecule has 1 amide bonds. The zero-order chi connectivity index (χ0) is 14.5. The molecule has 2 N–H and O–H groups in total. The van der Waals surface area contributed by atoms with E-state index in [-0.39, 0.29) is 18.4 Å². The van der Waals surface area contributed by atoms with Crippen LogP contribution >= 0.6 is 0 Å². The minimum absolute atomic E-state index is 0.0464. The molecule has 0 saturated heterocycles. The lowest BCUT2D eigenvalue weighted by atomic mass is 9.98. The molecule has 0 spiro atoms. The number of methoxy groups -OCH3 is 1. The number of hydrogen-bond acceptors (Lipinski definition) is 3. The fourth-order valence-electron chi connectivity index (χ4n) is 1.70. The minimum Gasteiger partial charge on any atom is -0.497 e. The number of carbonyl (C=O) groups excluding carboxylic acids is 1. The largest absolute Gasteiger partial charge is 0.497 e. The van der Waals surface area contributed by atoms with Gasteiger partial charge in [-0.2, -0.15) is 0 Å².